The van der Waals surface area contributed by atoms with Crippen molar-refractivity contribution in [1.82, 2.24) is 9.55 Å². The number of anilines is 2. The Morgan fingerprint density at radius 1 is 0.975 bits per heavy atom. The van der Waals surface area contributed by atoms with Gasteiger partial charge in [0.2, 0.25) is 0 Å². The Morgan fingerprint density at radius 3 is 2.40 bits per heavy atom. The molecule has 1 amide bonds. The number of carbonyl (C=O) groups excluding carboxylic acids is 2. The van der Waals surface area contributed by atoms with Gasteiger partial charge in [-0.25, -0.2) is 4.98 Å². The number of fused-ring (bicyclic) bond motifs is 1. The predicted octanol–water partition coefficient (Wildman–Crippen LogP) is 5.85. The van der Waals surface area contributed by atoms with E-state index < -0.39 is 0 Å². The maximum absolute atomic E-state index is 13.7. The summed E-state index contributed by atoms with van der Waals surface area (Å²) in [5, 5.41) is 9.17. The quantitative estimate of drug-likeness (QED) is 0.211. The number of nitriles is 1. The highest BCUT2D eigenvalue weighted by atomic mass is 16.5. The summed E-state index contributed by atoms with van der Waals surface area (Å²) < 4.78 is 7.14. The van der Waals surface area contributed by atoms with Crippen LogP contribution in [-0.2, 0) is 23.1 Å². The van der Waals surface area contributed by atoms with Gasteiger partial charge in [-0.2, -0.15) is 5.26 Å². The largest absolute Gasteiger partial charge is 0.466 e. The molecule has 4 rings (SSSR count). The Hall–Kier alpha value is -4.64. The number of carbonyl (C=O) groups is 2. The predicted molar refractivity (Wildman–Crippen MR) is 157 cm³/mol. The molecule has 0 atom stereocenters. The van der Waals surface area contributed by atoms with E-state index >= 15 is 0 Å². The summed E-state index contributed by atoms with van der Waals surface area (Å²) in [6.45, 7) is 5.90. The molecule has 40 heavy (non-hydrogen) atoms. The number of aryl methyl sites for hydroxylation is 1. The minimum atomic E-state index is -0.337. The van der Waals surface area contributed by atoms with Crippen molar-refractivity contribution < 1.29 is 14.3 Å². The van der Waals surface area contributed by atoms with Crippen LogP contribution in [0.4, 0.5) is 11.4 Å². The molecular formula is C32H35N5O3. The first-order chi connectivity index (χ1) is 19.4. The van der Waals surface area contributed by atoms with Gasteiger partial charge in [0.05, 0.1) is 42.2 Å². The molecule has 1 heterocycles. The number of rotatable bonds is 12. The molecule has 0 fully saturated rings. The van der Waals surface area contributed by atoms with Crippen LogP contribution in [0.1, 0.15) is 54.9 Å². The van der Waals surface area contributed by atoms with Crippen molar-refractivity contribution in [3.05, 3.63) is 89.7 Å². The molecule has 8 heteroatoms. The van der Waals surface area contributed by atoms with Crippen LogP contribution in [0.15, 0.2) is 72.8 Å². The van der Waals surface area contributed by atoms with E-state index in [0.29, 0.717) is 30.0 Å². The van der Waals surface area contributed by atoms with E-state index in [-0.39, 0.29) is 24.8 Å². The summed E-state index contributed by atoms with van der Waals surface area (Å²) >= 11 is 0. The Labute approximate surface area is 235 Å². The molecule has 0 aliphatic carbocycles. The number of amides is 1. The molecule has 0 saturated heterocycles. The standard InChI is InChI=1S/C32H35N5O3/c1-4-6-19-36(26-15-12-24(22-33)13-16-26)23-30-34-28-21-25(14-17-29(28)35(30)3)32(39)37(20-18-31(38)40-5-2)27-10-8-7-9-11-27/h7-17,21H,4-6,18-20,23H2,1-3H3. The van der Waals surface area contributed by atoms with E-state index in [2.05, 4.69) is 22.5 Å². The number of benzene rings is 3. The molecule has 0 radical (unpaired) electrons. The molecule has 1 aromatic heterocycles. The Bertz CT molecular complexity index is 1490. The van der Waals surface area contributed by atoms with Crippen LogP contribution in [0.2, 0.25) is 0 Å². The topological polar surface area (TPSA) is 91.5 Å². The second kappa shape index (κ2) is 13.4. The first-order valence-corrected chi connectivity index (χ1v) is 13.7. The van der Waals surface area contributed by atoms with Gasteiger partial charge in [-0.05, 0) is 67.9 Å². The third-order valence-electron chi connectivity index (χ3n) is 6.85. The molecule has 0 N–H and O–H groups in total. The molecule has 8 nitrogen and oxygen atoms in total. The van der Waals surface area contributed by atoms with Crippen molar-refractivity contribution in [2.75, 3.05) is 29.5 Å². The molecule has 0 spiro atoms. The van der Waals surface area contributed by atoms with Gasteiger partial charge in [0.1, 0.15) is 5.82 Å². The molecule has 3 aromatic carbocycles. The Balaban J connectivity index is 1.61. The first-order valence-electron chi connectivity index (χ1n) is 13.7. The number of ether oxygens (including phenoxy) is 1. The van der Waals surface area contributed by atoms with Gasteiger partial charge in [0.25, 0.3) is 5.91 Å². The number of imidazole rings is 1. The SMILES string of the molecule is CCCCN(Cc1nc2cc(C(=O)N(CCC(=O)OCC)c3ccccc3)ccc2n1C)c1ccc(C#N)cc1. The van der Waals surface area contributed by atoms with Gasteiger partial charge in [0.15, 0.2) is 0 Å². The minimum absolute atomic E-state index is 0.105. The highest BCUT2D eigenvalue weighted by Gasteiger charge is 2.21. The minimum Gasteiger partial charge on any atom is -0.466 e. The summed E-state index contributed by atoms with van der Waals surface area (Å²) in [4.78, 5) is 34.5. The number of aromatic nitrogens is 2. The van der Waals surface area contributed by atoms with Crippen LogP contribution in [-0.4, -0.2) is 41.1 Å². The molecule has 0 saturated carbocycles. The monoisotopic (exact) mass is 537 g/mol. The molecule has 4 aromatic rings. The molecule has 0 aliphatic rings. The number of esters is 1. The number of hydrogen-bond acceptors (Lipinski definition) is 6. The molecule has 0 unspecified atom stereocenters. The lowest BCUT2D eigenvalue weighted by Crippen LogP contribution is -2.33. The fourth-order valence-corrected chi connectivity index (χ4v) is 4.64. The third kappa shape index (κ3) is 6.67. The van der Waals surface area contributed by atoms with Gasteiger partial charge in [0, 0.05) is 37.1 Å². The second-order valence-corrected chi connectivity index (χ2v) is 9.57. The summed E-state index contributed by atoms with van der Waals surface area (Å²) in [6.07, 6.45) is 2.20. The highest BCUT2D eigenvalue weighted by molar-refractivity contribution is 6.07. The lowest BCUT2D eigenvalue weighted by molar-refractivity contribution is -0.142. The van der Waals surface area contributed by atoms with Gasteiger partial charge in [-0.3, -0.25) is 9.59 Å². The Kier molecular flexibility index (Phi) is 9.53. The fraction of sp³-hybridized carbons (Fsp3) is 0.312. The zero-order valence-electron chi connectivity index (χ0n) is 23.3. The van der Waals surface area contributed by atoms with Gasteiger partial charge >= 0.3 is 5.97 Å². The van der Waals surface area contributed by atoms with Crippen LogP contribution >= 0.6 is 0 Å². The normalized spacial score (nSPS) is 10.8. The van der Waals surface area contributed by atoms with E-state index in [1.54, 1.807) is 11.8 Å². The number of hydrogen-bond donors (Lipinski definition) is 0. The highest BCUT2D eigenvalue weighted by Crippen LogP contribution is 2.24. The van der Waals surface area contributed by atoms with Crippen LogP contribution in [0.25, 0.3) is 11.0 Å². The summed E-state index contributed by atoms with van der Waals surface area (Å²) in [5.74, 6) is 0.338. The van der Waals surface area contributed by atoms with Crippen molar-refractivity contribution in [1.29, 1.82) is 5.26 Å². The second-order valence-electron chi connectivity index (χ2n) is 9.57. The van der Waals surface area contributed by atoms with Crippen LogP contribution in [0, 0.1) is 11.3 Å². The van der Waals surface area contributed by atoms with Crippen LogP contribution in [0.5, 0.6) is 0 Å². The zero-order chi connectivity index (χ0) is 28.5. The zero-order valence-corrected chi connectivity index (χ0v) is 23.3. The number of unbranched alkanes of at least 4 members (excludes halogenated alkanes) is 1. The number of para-hydroxylation sites is 1. The van der Waals surface area contributed by atoms with Crippen molar-refractivity contribution in [3.8, 4) is 6.07 Å². The van der Waals surface area contributed by atoms with E-state index in [4.69, 9.17) is 9.72 Å². The van der Waals surface area contributed by atoms with Gasteiger partial charge < -0.3 is 19.1 Å². The lowest BCUT2D eigenvalue weighted by Gasteiger charge is -2.24. The molecule has 0 aliphatic heterocycles. The van der Waals surface area contributed by atoms with Gasteiger partial charge in [-0.15, -0.1) is 0 Å². The third-order valence-corrected chi connectivity index (χ3v) is 6.85. The fourth-order valence-electron chi connectivity index (χ4n) is 4.64. The maximum atomic E-state index is 13.7. The average Bonchev–Trinajstić information content (AvgIpc) is 3.30. The van der Waals surface area contributed by atoms with Crippen molar-refractivity contribution in [2.45, 2.75) is 39.7 Å². The average molecular weight is 538 g/mol. The van der Waals surface area contributed by atoms with E-state index in [1.807, 2.05) is 79.8 Å². The molecule has 206 valence electrons. The maximum Gasteiger partial charge on any atom is 0.307 e. The van der Waals surface area contributed by atoms with Crippen molar-refractivity contribution >= 4 is 34.3 Å². The van der Waals surface area contributed by atoms with Crippen molar-refractivity contribution in [2.24, 2.45) is 7.05 Å². The summed E-state index contributed by atoms with van der Waals surface area (Å²) in [7, 11) is 1.98. The van der Waals surface area contributed by atoms with E-state index in [1.165, 1.54) is 0 Å². The van der Waals surface area contributed by atoms with E-state index in [0.717, 1.165) is 41.9 Å². The first kappa shape index (κ1) is 28.4. The Morgan fingerprint density at radius 2 is 1.73 bits per heavy atom. The van der Waals surface area contributed by atoms with Crippen LogP contribution in [0.3, 0.4) is 0 Å². The molecular weight excluding hydrogens is 502 g/mol. The van der Waals surface area contributed by atoms with E-state index in [9.17, 15) is 14.9 Å². The lowest BCUT2D eigenvalue weighted by atomic mass is 10.1. The van der Waals surface area contributed by atoms with Crippen molar-refractivity contribution in [3.63, 3.8) is 0 Å². The summed E-state index contributed by atoms with van der Waals surface area (Å²) in [6, 6.07) is 24.7. The molecule has 0 bridgehead atoms. The van der Waals surface area contributed by atoms with Gasteiger partial charge in [-0.1, -0.05) is 31.5 Å². The summed E-state index contributed by atoms with van der Waals surface area (Å²) in [5.41, 5.74) is 4.55. The number of nitrogens with zero attached hydrogens (tertiary/aromatic N) is 5. The van der Waals surface area contributed by atoms with Crippen LogP contribution < -0.4 is 9.80 Å². The smallest absolute Gasteiger partial charge is 0.307 e.